The molecule has 0 bridgehead atoms. The van der Waals surface area contributed by atoms with Crippen molar-refractivity contribution >= 4 is 29.7 Å². The fourth-order valence-electron chi connectivity index (χ4n) is 8.45. The first-order chi connectivity index (χ1) is 22.2. The lowest BCUT2D eigenvalue weighted by Gasteiger charge is -2.43. The molecule has 0 unspecified atom stereocenters. The molecule has 10 atom stereocenters. The highest BCUT2D eigenvalue weighted by Gasteiger charge is 2.68. The van der Waals surface area contributed by atoms with Crippen LogP contribution in [-0.2, 0) is 33.3 Å². The van der Waals surface area contributed by atoms with E-state index in [1.807, 2.05) is 26.8 Å². The van der Waals surface area contributed by atoms with Gasteiger partial charge >= 0.3 is 23.9 Å². The van der Waals surface area contributed by atoms with Crippen molar-refractivity contribution in [3.8, 4) is 0 Å². The Bertz CT molecular complexity index is 1500. The van der Waals surface area contributed by atoms with Gasteiger partial charge in [-0.15, -0.1) is 0 Å². The number of esters is 4. The van der Waals surface area contributed by atoms with Crippen molar-refractivity contribution in [1.82, 2.24) is 0 Å². The molecule has 0 radical (unpaired) electrons. The van der Waals surface area contributed by atoms with Crippen LogP contribution < -0.4 is 0 Å². The van der Waals surface area contributed by atoms with E-state index < -0.39 is 71.5 Å². The minimum atomic E-state index is -1.76. The van der Waals surface area contributed by atoms with Crippen LogP contribution in [0, 0.1) is 40.9 Å². The van der Waals surface area contributed by atoms with Crippen molar-refractivity contribution in [2.24, 2.45) is 40.9 Å². The topological polar surface area (TPSA) is 122 Å². The fourth-order valence-corrected chi connectivity index (χ4v) is 8.45. The summed E-state index contributed by atoms with van der Waals surface area (Å²) < 4.78 is 24.7. The third kappa shape index (κ3) is 6.72. The van der Waals surface area contributed by atoms with Crippen molar-refractivity contribution in [3.63, 3.8) is 0 Å². The number of ketones is 1. The standard InChI is InChI=1S/C38H46O9/c1-21-18-28-29(37(28,6)7)19-30(45-35(42)26-14-10-8-11-15-26)23(3)33(44-24(4)39)31-32(46-36(43)27-16-12-9-13-17-27)22(2)20-38(31,34(21)41)47-25(5)40/h8-17,21-23,28-33H,18-20H2,1-7H3/t21-,22+,23+,28-,29+,30-,31-,32+,33+,38-/m1/s1. The minimum Gasteiger partial charge on any atom is -0.461 e. The SMILES string of the molecule is CC(=O)O[C@H]1[C@@H](C)[C@H](OC(=O)c2ccccc2)C[C@H]2[C@@H](C[C@@H](C)C(=O)[C@@]3(OC(C)=O)C[C@H](C)[C@H](OC(=O)c4ccccc4)[C@H]13)C2(C)C. The van der Waals surface area contributed by atoms with Gasteiger partial charge in [-0.2, -0.15) is 0 Å². The van der Waals surface area contributed by atoms with Crippen LogP contribution in [0.5, 0.6) is 0 Å². The second-order valence-corrected chi connectivity index (χ2v) is 14.4. The first-order valence-corrected chi connectivity index (χ1v) is 16.6. The highest BCUT2D eigenvalue weighted by atomic mass is 16.6. The van der Waals surface area contributed by atoms with E-state index in [0.29, 0.717) is 24.0 Å². The molecule has 0 aliphatic heterocycles. The summed E-state index contributed by atoms with van der Waals surface area (Å²) in [6.45, 7) is 12.3. The number of ether oxygens (including phenoxy) is 4. The Morgan fingerprint density at radius 3 is 1.77 bits per heavy atom. The molecule has 3 aliphatic carbocycles. The van der Waals surface area contributed by atoms with Crippen molar-refractivity contribution < 1.29 is 42.9 Å². The lowest BCUT2D eigenvalue weighted by molar-refractivity contribution is -0.191. The maximum Gasteiger partial charge on any atom is 0.338 e. The van der Waals surface area contributed by atoms with Gasteiger partial charge in [0.15, 0.2) is 11.4 Å². The van der Waals surface area contributed by atoms with Crippen LogP contribution in [0.4, 0.5) is 0 Å². The Balaban J connectivity index is 1.66. The van der Waals surface area contributed by atoms with Crippen molar-refractivity contribution in [3.05, 3.63) is 71.8 Å². The molecule has 47 heavy (non-hydrogen) atoms. The summed E-state index contributed by atoms with van der Waals surface area (Å²) in [5.41, 5.74) is -1.19. The predicted octanol–water partition coefficient (Wildman–Crippen LogP) is 6.23. The average Bonchev–Trinajstić information content (AvgIpc) is 3.41. The molecular weight excluding hydrogens is 600 g/mol. The van der Waals surface area contributed by atoms with Gasteiger partial charge < -0.3 is 18.9 Å². The molecule has 252 valence electrons. The largest absolute Gasteiger partial charge is 0.461 e. The summed E-state index contributed by atoms with van der Waals surface area (Å²) >= 11 is 0. The molecule has 0 heterocycles. The summed E-state index contributed by atoms with van der Waals surface area (Å²) in [6, 6.07) is 17.2. The van der Waals surface area contributed by atoms with Gasteiger partial charge in [-0.3, -0.25) is 14.4 Å². The summed E-state index contributed by atoms with van der Waals surface area (Å²) in [4.78, 5) is 67.6. The van der Waals surface area contributed by atoms with E-state index in [4.69, 9.17) is 18.9 Å². The van der Waals surface area contributed by atoms with Gasteiger partial charge in [-0.25, -0.2) is 9.59 Å². The molecule has 0 saturated heterocycles. The van der Waals surface area contributed by atoms with E-state index >= 15 is 0 Å². The molecule has 2 aromatic rings. The third-order valence-electron chi connectivity index (χ3n) is 10.9. The summed E-state index contributed by atoms with van der Waals surface area (Å²) in [5.74, 6) is -5.14. The van der Waals surface area contributed by atoms with Crippen molar-refractivity contribution in [2.45, 2.75) is 91.6 Å². The summed E-state index contributed by atoms with van der Waals surface area (Å²) in [7, 11) is 0. The van der Waals surface area contributed by atoms with Crippen LogP contribution in [-0.4, -0.2) is 53.6 Å². The van der Waals surface area contributed by atoms with Gasteiger partial charge in [0.05, 0.1) is 17.0 Å². The highest BCUT2D eigenvalue weighted by molar-refractivity contribution is 5.93. The lowest BCUT2D eigenvalue weighted by Crippen LogP contribution is -2.58. The van der Waals surface area contributed by atoms with E-state index in [-0.39, 0.29) is 29.5 Å². The van der Waals surface area contributed by atoms with Gasteiger partial charge in [0, 0.05) is 32.1 Å². The van der Waals surface area contributed by atoms with Crippen LogP contribution in [0.25, 0.3) is 0 Å². The van der Waals surface area contributed by atoms with Crippen molar-refractivity contribution in [1.29, 1.82) is 0 Å². The Labute approximate surface area is 276 Å². The Morgan fingerprint density at radius 2 is 1.23 bits per heavy atom. The van der Waals surface area contributed by atoms with Crippen LogP contribution in [0.15, 0.2) is 60.7 Å². The van der Waals surface area contributed by atoms with Crippen LogP contribution in [0.3, 0.4) is 0 Å². The summed E-state index contributed by atoms with van der Waals surface area (Å²) in [6.07, 6.45) is -1.73. The number of rotatable bonds is 6. The molecule has 3 saturated carbocycles. The number of hydrogen-bond acceptors (Lipinski definition) is 9. The molecule has 0 aromatic heterocycles. The first kappa shape index (κ1) is 34.3. The van der Waals surface area contributed by atoms with Gasteiger partial charge in [0.25, 0.3) is 0 Å². The van der Waals surface area contributed by atoms with Gasteiger partial charge in [-0.1, -0.05) is 71.0 Å². The van der Waals surface area contributed by atoms with E-state index in [2.05, 4.69) is 13.8 Å². The molecule has 2 aromatic carbocycles. The zero-order valence-electron chi connectivity index (χ0n) is 28.3. The van der Waals surface area contributed by atoms with Crippen molar-refractivity contribution in [2.75, 3.05) is 0 Å². The predicted molar refractivity (Wildman–Crippen MR) is 172 cm³/mol. The fraction of sp³-hybridized carbons (Fsp3) is 0.553. The third-order valence-corrected chi connectivity index (χ3v) is 10.9. The van der Waals surface area contributed by atoms with Gasteiger partial charge in [-0.05, 0) is 60.3 Å². The quantitative estimate of drug-likeness (QED) is 0.265. The minimum absolute atomic E-state index is 0.0730. The maximum absolute atomic E-state index is 14.8. The van der Waals surface area contributed by atoms with Crippen LogP contribution in [0.1, 0.15) is 88.4 Å². The molecule has 3 aliphatic rings. The van der Waals surface area contributed by atoms with Crippen LogP contribution in [0.2, 0.25) is 0 Å². The highest BCUT2D eigenvalue weighted by Crippen LogP contribution is 2.64. The zero-order valence-corrected chi connectivity index (χ0v) is 28.3. The number of hydrogen-bond donors (Lipinski definition) is 0. The number of fused-ring (bicyclic) bond motifs is 2. The number of carbonyl (C=O) groups is 5. The Morgan fingerprint density at radius 1 is 0.702 bits per heavy atom. The Hall–Kier alpha value is -4.01. The molecular formula is C38H46O9. The smallest absolute Gasteiger partial charge is 0.338 e. The van der Waals surface area contributed by atoms with E-state index in [9.17, 15) is 24.0 Å². The van der Waals surface area contributed by atoms with Gasteiger partial charge in [0.1, 0.15) is 18.3 Å². The summed E-state index contributed by atoms with van der Waals surface area (Å²) in [5, 5.41) is 0. The van der Waals surface area contributed by atoms with E-state index in [1.54, 1.807) is 54.6 Å². The Kier molecular flexibility index (Phi) is 9.67. The number of carbonyl (C=O) groups excluding carboxylic acids is 5. The maximum atomic E-state index is 14.8. The molecule has 0 amide bonds. The molecule has 3 fully saturated rings. The van der Waals surface area contributed by atoms with E-state index in [0.717, 1.165) is 0 Å². The second-order valence-electron chi connectivity index (χ2n) is 14.4. The molecule has 9 heteroatoms. The molecule has 9 nitrogen and oxygen atoms in total. The second kappa shape index (κ2) is 13.2. The van der Waals surface area contributed by atoms with Gasteiger partial charge in [0.2, 0.25) is 0 Å². The number of Topliss-reactive ketones (excluding diaryl/α,β-unsaturated/α-hetero) is 1. The monoisotopic (exact) mass is 646 g/mol. The zero-order chi connectivity index (χ0) is 34.3. The number of benzene rings is 2. The molecule has 5 rings (SSSR count). The van der Waals surface area contributed by atoms with E-state index in [1.165, 1.54) is 13.8 Å². The normalized spacial score (nSPS) is 34.4. The lowest BCUT2D eigenvalue weighted by atomic mass is 9.73. The van der Waals surface area contributed by atoms with Crippen LogP contribution >= 0.6 is 0 Å². The molecule has 0 spiro atoms. The first-order valence-electron chi connectivity index (χ1n) is 16.6. The average molecular weight is 647 g/mol. The molecule has 0 N–H and O–H groups in total.